The number of nitrogens with zero attached hydrogens (tertiary/aromatic N) is 4. The number of aromatic nitrogens is 4. The lowest BCUT2D eigenvalue weighted by atomic mass is 10.2. The van der Waals surface area contributed by atoms with Gasteiger partial charge in [-0.25, -0.2) is 19.9 Å². The van der Waals surface area contributed by atoms with Gasteiger partial charge in [-0.2, -0.15) is 0 Å². The summed E-state index contributed by atoms with van der Waals surface area (Å²) in [7, 11) is 0. The Balaban J connectivity index is 0.000000178. The molecule has 0 radical (unpaired) electrons. The van der Waals surface area contributed by atoms with Crippen molar-refractivity contribution in [3.63, 3.8) is 0 Å². The molecule has 6 rings (SSSR count). The molecule has 12 heteroatoms. The first-order chi connectivity index (χ1) is 16.9. The number of hydrogen-bond donors (Lipinski definition) is 1. The number of anilines is 1. The number of thiophene rings is 2. The molecule has 1 aliphatic heterocycles. The van der Waals surface area contributed by atoms with Crippen LogP contribution in [0.2, 0.25) is 15.7 Å². The van der Waals surface area contributed by atoms with E-state index in [-0.39, 0.29) is 10.6 Å². The van der Waals surface area contributed by atoms with Crippen LogP contribution < -0.4 is 14.8 Å². The highest BCUT2D eigenvalue weighted by Crippen LogP contribution is 2.33. The number of fused-ring (bicyclic) bond motifs is 3. The van der Waals surface area contributed by atoms with E-state index in [1.54, 1.807) is 11.3 Å². The minimum Gasteiger partial charge on any atom is -0.486 e. The van der Waals surface area contributed by atoms with Crippen molar-refractivity contribution in [3.05, 3.63) is 61.4 Å². The molecule has 0 spiro atoms. The fourth-order valence-corrected chi connectivity index (χ4v) is 6.28. The second-order valence-electron chi connectivity index (χ2n) is 7.65. The van der Waals surface area contributed by atoms with Gasteiger partial charge < -0.3 is 14.8 Å². The number of rotatable bonds is 3. The van der Waals surface area contributed by atoms with Gasteiger partial charge in [0.25, 0.3) is 0 Å². The summed E-state index contributed by atoms with van der Waals surface area (Å²) in [6.07, 6.45) is 0. The monoisotopic (exact) mass is 565 g/mol. The van der Waals surface area contributed by atoms with Crippen molar-refractivity contribution >= 4 is 83.7 Å². The van der Waals surface area contributed by atoms with Crippen molar-refractivity contribution in [2.24, 2.45) is 0 Å². The van der Waals surface area contributed by atoms with Crippen molar-refractivity contribution in [3.8, 4) is 11.5 Å². The Morgan fingerprint density at radius 2 is 1.46 bits per heavy atom. The highest BCUT2D eigenvalue weighted by Gasteiger charge is 2.14. The van der Waals surface area contributed by atoms with Crippen LogP contribution in [-0.4, -0.2) is 33.1 Å². The molecule has 5 heterocycles. The number of nitrogens with one attached hydrogen (secondary N) is 1. The Labute approximate surface area is 224 Å². The lowest BCUT2D eigenvalue weighted by Crippen LogP contribution is -2.15. The molecule has 180 valence electrons. The Kier molecular flexibility index (Phi) is 7.13. The van der Waals surface area contributed by atoms with Crippen molar-refractivity contribution in [1.29, 1.82) is 0 Å². The lowest BCUT2D eigenvalue weighted by Gasteiger charge is -2.19. The lowest BCUT2D eigenvalue weighted by molar-refractivity contribution is 0.171. The standard InChI is InChI=1S/C16H14ClN3O2S.C7H4Cl2N2S/c1-9-8-23-15-13(9)14(19-16(17)20-15)18-7-10-2-3-11-12(6-10)22-5-4-21-11;1-3-2-12-6-4(3)5(8)10-7(9)11-6/h2-3,6,8H,4-5,7H2,1H3,(H,18,19,20);2H,1H3. The van der Waals surface area contributed by atoms with Crippen LogP contribution in [0.15, 0.2) is 29.0 Å². The van der Waals surface area contributed by atoms with Gasteiger partial charge >= 0.3 is 0 Å². The van der Waals surface area contributed by atoms with Gasteiger partial charge in [-0.15, -0.1) is 22.7 Å². The summed E-state index contributed by atoms with van der Waals surface area (Å²) in [5.41, 5.74) is 3.33. The summed E-state index contributed by atoms with van der Waals surface area (Å²) in [5, 5.41) is 10.2. The van der Waals surface area contributed by atoms with Gasteiger partial charge in [0.05, 0.1) is 10.8 Å². The maximum absolute atomic E-state index is 6.02. The van der Waals surface area contributed by atoms with E-state index in [0.717, 1.165) is 54.4 Å². The van der Waals surface area contributed by atoms with Crippen LogP contribution in [0.4, 0.5) is 5.82 Å². The minimum absolute atomic E-state index is 0.203. The van der Waals surface area contributed by atoms with Crippen LogP contribution in [0.25, 0.3) is 20.4 Å². The molecule has 0 aliphatic carbocycles. The topological polar surface area (TPSA) is 82.1 Å². The number of benzene rings is 1. The van der Waals surface area contributed by atoms with Gasteiger partial charge in [0, 0.05) is 6.54 Å². The molecule has 1 aliphatic rings. The smallest absolute Gasteiger partial charge is 0.225 e. The second-order valence-corrected chi connectivity index (χ2v) is 10.4. The molecule has 1 N–H and O–H groups in total. The first-order valence-corrected chi connectivity index (χ1v) is 13.4. The average molecular weight is 567 g/mol. The summed E-state index contributed by atoms with van der Waals surface area (Å²) in [4.78, 5) is 18.2. The third-order valence-corrected chi connectivity index (χ3v) is 7.79. The zero-order chi connectivity index (χ0) is 24.5. The molecule has 35 heavy (non-hydrogen) atoms. The maximum atomic E-state index is 6.02. The maximum Gasteiger partial charge on any atom is 0.225 e. The third kappa shape index (κ3) is 5.24. The number of hydrogen-bond acceptors (Lipinski definition) is 9. The fraction of sp³-hybridized carbons (Fsp3) is 0.217. The molecule has 0 amide bonds. The van der Waals surface area contributed by atoms with Crippen LogP contribution in [0, 0.1) is 13.8 Å². The predicted octanol–water partition coefficient (Wildman–Crippen LogP) is 7.34. The molecule has 1 aromatic carbocycles. The highest BCUT2D eigenvalue weighted by molar-refractivity contribution is 7.17. The largest absolute Gasteiger partial charge is 0.486 e. The van der Waals surface area contributed by atoms with E-state index in [2.05, 4.69) is 30.6 Å². The molecule has 5 aromatic rings. The van der Waals surface area contributed by atoms with E-state index >= 15 is 0 Å². The van der Waals surface area contributed by atoms with Gasteiger partial charge in [0.2, 0.25) is 10.6 Å². The molecular weight excluding hydrogens is 549 g/mol. The van der Waals surface area contributed by atoms with Gasteiger partial charge in [-0.1, -0.05) is 17.7 Å². The molecule has 7 nitrogen and oxygen atoms in total. The third-order valence-electron chi connectivity index (χ3n) is 5.20. The van der Waals surface area contributed by atoms with Gasteiger partial charge in [0.15, 0.2) is 11.5 Å². The van der Waals surface area contributed by atoms with Crippen LogP contribution in [-0.2, 0) is 6.54 Å². The van der Waals surface area contributed by atoms with Crippen molar-refractivity contribution in [1.82, 2.24) is 19.9 Å². The Hall–Kier alpha value is -2.43. The zero-order valence-corrected chi connectivity index (χ0v) is 22.5. The Morgan fingerprint density at radius 3 is 2.20 bits per heavy atom. The van der Waals surface area contributed by atoms with E-state index in [9.17, 15) is 0 Å². The molecule has 0 saturated heterocycles. The minimum atomic E-state index is 0.203. The summed E-state index contributed by atoms with van der Waals surface area (Å²) in [6, 6.07) is 5.94. The summed E-state index contributed by atoms with van der Waals surface area (Å²) < 4.78 is 11.2. The van der Waals surface area contributed by atoms with Crippen LogP contribution in [0.1, 0.15) is 16.7 Å². The highest BCUT2D eigenvalue weighted by atomic mass is 35.5. The number of aryl methyl sites for hydroxylation is 2. The van der Waals surface area contributed by atoms with Gasteiger partial charge in [0.1, 0.15) is 33.8 Å². The average Bonchev–Trinajstić information content (AvgIpc) is 3.40. The summed E-state index contributed by atoms with van der Waals surface area (Å²) in [6.45, 7) is 5.82. The van der Waals surface area contributed by atoms with Gasteiger partial charge in [-0.05, 0) is 76.6 Å². The number of halogens is 3. The molecule has 0 atom stereocenters. The number of ether oxygens (including phenoxy) is 2. The van der Waals surface area contributed by atoms with Crippen molar-refractivity contribution < 1.29 is 9.47 Å². The normalized spacial score (nSPS) is 12.5. The molecule has 0 fully saturated rings. The van der Waals surface area contributed by atoms with E-state index in [0.29, 0.717) is 24.9 Å². The Morgan fingerprint density at radius 1 is 0.829 bits per heavy atom. The van der Waals surface area contributed by atoms with E-state index < -0.39 is 0 Å². The molecule has 4 aromatic heterocycles. The van der Waals surface area contributed by atoms with E-state index in [4.69, 9.17) is 44.3 Å². The Bertz CT molecular complexity index is 1540. The predicted molar refractivity (Wildman–Crippen MR) is 144 cm³/mol. The first-order valence-electron chi connectivity index (χ1n) is 10.5. The molecule has 0 unspecified atom stereocenters. The van der Waals surface area contributed by atoms with Crippen LogP contribution in [0.5, 0.6) is 11.5 Å². The summed E-state index contributed by atoms with van der Waals surface area (Å²) >= 11 is 20.6. The fourth-order valence-electron chi connectivity index (χ4n) is 3.58. The zero-order valence-electron chi connectivity index (χ0n) is 18.6. The van der Waals surface area contributed by atoms with E-state index in [1.165, 1.54) is 11.3 Å². The molecule has 0 bridgehead atoms. The van der Waals surface area contributed by atoms with Crippen LogP contribution >= 0.6 is 57.5 Å². The summed E-state index contributed by atoms with van der Waals surface area (Å²) in [5.74, 6) is 2.34. The van der Waals surface area contributed by atoms with Crippen LogP contribution in [0.3, 0.4) is 0 Å². The van der Waals surface area contributed by atoms with Gasteiger partial charge in [-0.3, -0.25) is 0 Å². The quantitative estimate of drug-likeness (QED) is 0.181. The van der Waals surface area contributed by atoms with Crippen molar-refractivity contribution in [2.45, 2.75) is 20.4 Å². The first kappa shape index (κ1) is 24.3. The molecular formula is C23H18Cl3N5O2S2. The second kappa shape index (κ2) is 10.3. The van der Waals surface area contributed by atoms with E-state index in [1.807, 2.05) is 37.4 Å². The SMILES string of the molecule is Cc1csc2nc(Cl)nc(Cl)c12.Cc1csc2nc(Cl)nc(NCc3ccc4c(c3)OCCO4)c12. The van der Waals surface area contributed by atoms with Crippen molar-refractivity contribution in [2.75, 3.05) is 18.5 Å². The molecule has 0 saturated carbocycles.